The number of hydrogen-bond donors (Lipinski definition) is 0. The van der Waals surface area contributed by atoms with Crippen molar-refractivity contribution >= 4 is 0 Å². The fraction of sp³-hybridized carbons (Fsp3) is 0. The topological polar surface area (TPSA) is 0 Å². The SMILES string of the molecule is C=C.C=C.[Pt]. The van der Waals surface area contributed by atoms with Crippen LogP contribution in [0.25, 0.3) is 0 Å². The molecule has 0 aromatic rings. The molecule has 0 saturated heterocycles. The molecule has 0 rings (SSSR count). The van der Waals surface area contributed by atoms with Gasteiger partial charge in [-0.1, -0.05) is 0 Å². The van der Waals surface area contributed by atoms with E-state index in [2.05, 4.69) is 26.3 Å². The minimum Gasteiger partial charge on any atom is -0.106 e. The molecule has 0 N–H and O–H groups in total. The summed E-state index contributed by atoms with van der Waals surface area (Å²) >= 11 is 0. The Morgan fingerprint density at radius 3 is 0.600 bits per heavy atom. The van der Waals surface area contributed by atoms with E-state index in [1.54, 1.807) is 0 Å². The van der Waals surface area contributed by atoms with E-state index < -0.39 is 0 Å². The van der Waals surface area contributed by atoms with Gasteiger partial charge in [-0.25, -0.2) is 0 Å². The first-order valence-corrected chi connectivity index (χ1v) is 1.000. The molecule has 0 unspecified atom stereocenters. The molecule has 1 heteroatoms. The quantitative estimate of drug-likeness (QED) is 0.574. The van der Waals surface area contributed by atoms with Crippen molar-refractivity contribution in [2.75, 3.05) is 0 Å². The number of hydrogen-bond acceptors (Lipinski definition) is 0. The largest absolute Gasteiger partial charge is 0.106 e. The maximum absolute atomic E-state index is 3.00. The molecule has 0 atom stereocenters. The Balaban J connectivity index is -0.0000000133. The van der Waals surface area contributed by atoms with Crippen molar-refractivity contribution in [3.8, 4) is 0 Å². The van der Waals surface area contributed by atoms with E-state index in [9.17, 15) is 0 Å². The summed E-state index contributed by atoms with van der Waals surface area (Å²) in [6.45, 7) is 12.0. The second kappa shape index (κ2) is 1480. The maximum Gasteiger partial charge on any atom is 0 e. The molecule has 0 spiro atoms. The molecule has 0 aliphatic heterocycles. The molecule has 0 bridgehead atoms. The van der Waals surface area contributed by atoms with Crippen LogP contribution < -0.4 is 0 Å². The van der Waals surface area contributed by atoms with Gasteiger partial charge in [0.15, 0.2) is 0 Å². The van der Waals surface area contributed by atoms with Crippen molar-refractivity contribution in [3.63, 3.8) is 0 Å². The van der Waals surface area contributed by atoms with E-state index in [1.165, 1.54) is 0 Å². The summed E-state index contributed by atoms with van der Waals surface area (Å²) in [6.07, 6.45) is 0. The molecule has 0 aromatic heterocycles. The van der Waals surface area contributed by atoms with Crippen molar-refractivity contribution in [2.24, 2.45) is 0 Å². The average Bonchev–Trinajstić information content (AvgIpc) is 1.50. The Hall–Kier alpha value is 0.168. The van der Waals surface area contributed by atoms with Crippen LogP contribution in [-0.4, -0.2) is 0 Å². The van der Waals surface area contributed by atoms with Gasteiger partial charge in [-0.3, -0.25) is 0 Å². The summed E-state index contributed by atoms with van der Waals surface area (Å²) in [7, 11) is 0. The fourth-order valence-electron chi connectivity index (χ4n) is 0. The third kappa shape index (κ3) is 692. The van der Waals surface area contributed by atoms with Gasteiger partial charge in [0.25, 0.3) is 0 Å². The summed E-state index contributed by atoms with van der Waals surface area (Å²) in [6, 6.07) is 0. The van der Waals surface area contributed by atoms with Crippen molar-refractivity contribution in [2.45, 2.75) is 0 Å². The van der Waals surface area contributed by atoms with Crippen molar-refractivity contribution in [3.05, 3.63) is 26.3 Å². The molecular weight excluding hydrogens is 243 g/mol. The van der Waals surface area contributed by atoms with Gasteiger partial charge in [-0.15, -0.1) is 26.3 Å². The Bertz CT molecular complexity index is 5.61. The van der Waals surface area contributed by atoms with E-state index in [1.807, 2.05) is 0 Å². The van der Waals surface area contributed by atoms with E-state index in [0.29, 0.717) is 0 Å². The first-order chi connectivity index (χ1) is 2.00. The zero-order valence-electron chi connectivity index (χ0n) is 3.14. The molecule has 0 aromatic carbocycles. The molecule has 0 heterocycles. The summed E-state index contributed by atoms with van der Waals surface area (Å²) < 4.78 is 0. The van der Waals surface area contributed by atoms with Crippen LogP contribution in [0.3, 0.4) is 0 Å². The molecule has 0 aliphatic carbocycles. The molecule has 0 amide bonds. The molecule has 0 nitrogen and oxygen atoms in total. The van der Waals surface area contributed by atoms with Crippen molar-refractivity contribution in [1.82, 2.24) is 0 Å². The third-order valence-corrected chi connectivity index (χ3v) is 0. The van der Waals surface area contributed by atoms with Gasteiger partial charge in [0.1, 0.15) is 0 Å². The van der Waals surface area contributed by atoms with E-state index >= 15 is 0 Å². The number of rotatable bonds is 0. The van der Waals surface area contributed by atoms with Crippen LogP contribution in [0, 0.1) is 0 Å². The van der Waals surface area contributed by atoms with Crippen molar-refractivity contribution < 1.29 is 21.1 Å². The average molecular weight is 251 g/mol. The standard InChI is InChI=1S/2C2H4.Pt/c2*1-2;/h2*1-2H2;. The summed E-state index contributed by atoms with van der Waals surface area (Å²) in [5.41, 5.74) is 0. The Morgan fingerprint density at radius 2 is 0.600 bits per heavy atom. The van der Waals surface area contributed by atoms with Crippen LogP contribution in [0.4, 0.5) is 0 Å². The van der Waals surface area contributed by atoms with Crippen LogP contribution in [0.1, 0.15) is 0 Å². The van der Waals surface area contributed by atoms with Gasteiger partial charge in [0, 0.05) is 21.1 Å². The van der Waals surface area contributed by atoms with Gasteiger partial charge < -0.3 is 0 Å². The zero-order chi connectivity index (χ0) is 4.00. The van der Waals surface area contributed by atoms with Crippen LogP contribution >= 0.6 is 0 Å². The van der Waals surface area contributed by atoms with Crippen LogP contribution in [0.5, 0.6) is 0 Å². The van der Waals surface area contributed by atoms with Gasteiger partial charge >= 0.3 is 0 Å². The molecule has 5 heavy (non-hydrogen) atoms. The zero-order valence-corrected chi connectivity index (χ0v) is 5.42. The second-order valence-electron chi connectivity index (χ2n) is 0. The van der Waals surface area contributed by atoms with Crippen molar-refractivity contribution in [1.29, 1.82) is 0 Å². The Kier molecular flexibility index (Phi) is 5640. The summed E-state index contributed by atoms with van der Waals surface area (Å²) in [5, 5.41) is 0. The van der Waals surface area contributed by atoms with Crippen LogP contribution in [0.15, 0.2) is 26.3 Å². The van der Waals surface area contributed by atoms with Gasteiger partial charge in [-0.05, 0) is 0 Å². The normalized spacial score (nSPS) is 1.60. The summed E-state index contributed by atoms with van der Waals surface area (Å²) in [4.78, 5) is 0. The predicted octanol–water partition coefficient (Wildman–Crippen LogP) is 1.60. The van der Waals surface area contributed by atoms with E-state index in [-0.39, 0.29) is 21.1 Å². The molecule has 0 saturated carbocycles. The third-order valence-electron chi connectivity index (χ3n) is 0. The molecule has 0 fully saturated rings. The van der Waals surface area contributed by atoms with E-state index in [4.69, 9.17) is 0 Å². The first kappa shape index (κ1) is 19.1. The monoisotopic (exact) mass is 251 g/mol. The molecule has 34 valence electrons. The molecule has 0 aliphatic rings. The smallest absolute Gasteiger partial charge is 0 e. The minimum absolute atomic E-state index is 0. The van der Waals surface area contributed by atoms with Gasteiger partial charge in [0.2, 0.25) is 0 Å². The molecule has 0 radical (unpaired) electrons. The van der Waals surface area contributed by atoms with Crippen LogP contribution in [0.2, 0.25) is 0 Å². The van der Waals surface area contributed by atoms with E-state index in [0.717, 1.165) is 0 Å². The second-order valence-corrected chi connectivity index (χ2v) is 0. The van der Waals surface area contributed by atoms with Gasteiger partial charge in [0.05, 0.1) is 0 Å². The first-order valence-electron chi connectivity index (χ1n) is 1.000. The maximum atomic E-state index is 3.00. The van der Waals surface area contributed by atoms with Crippen LogP contribution in [-0.2, 0) is 21.1 Å². The predicted molar refractivity (Wildman–Crippen MR) is 22.5 cm³/mol. The minimum atomic E-state index is 0. The molecular formula is C4H8Pt. The van der Waals surface area contributed by atoms with Gasteiger partial charge in [-0.2, -0.15) is 0 Å². The fourth-order valence-corrected chi connectivity index (χ4v) is 0. The Morgan fingerprint density at radius 1 is 0.600 bits per heavy atom. The Labute approximate surface area is 47.8 Å². The summed E-state index contributed by atoms with van der Waals surface area (Å²) in [5.74, 6) is 0.